The summed E-state index contributed by atoms with van der Waals surface area (Å²) in [6.07, 6.45) is -0.357. The molecule has 5 nitrogen and oxygen atoms in total. The van der Waals surface area contributed by atoms with Crippen LogP contribution in [0.2, 0.25) is 0 Å². The molecule has 0 spiro atoms. The Morgan fingerprint density at radius 2 is 2.22 bits per heavy atom. The Labute approximate surface area is 105 Å². The third kappa shape index (κ3) is 2.16. The summed E-state index contributed by atoms with van der Waals surface area (Å²) >= 11 is 0. The van der Waals surface area contributed by atoms with Crippen LogP contribution < -0.4 is 10.1 Å². The second-order valence-electron chi connectivity index (χ2n) is 4.06. The number of fused-ring (bicyclic) bond motifs is 1. The molecule has 1 amide bonds. The van der Waals surface area contributed by atoms with Crippen LogP contribution >= 0.6 is 0 Å². The maximum Gasteiger partial charge on any atom is 0.312 e. The zero-order chi connectivity index (χ0) is 13.1. The molecule has 1 aliphatic rings. The molecule has 0 saturated heterocycles. The third-order valence-electron chi connectivity index (χ3n) is 2.97. The van der Waals surface area contributed by atoms with Gasteiger partial charge in [0.2, 0.25) is 0 Å². The van der Waals surface area contributed by atoms with Crippen LogP contribution in [0.5, 0.6) is 5.75 Å². The van der Waals surface area contributed by atoms with Crippen molar-refractivity contribution in [3.05, 3.63) is 24.3 Å². The molecule has 2 rings (SSSR count). The number of carbonyl (C=O) groups excluding carboxylic acids is 2. The van der Waals surface area contributed by atoms with Gasteiger partial charge in [-0.1, -0.05) is 19.1 Å². The zero-order valence-corrected chi connectivity index (χ0v) is 10.3. The fourth-order valence-corrected chi connectivity index (χ4v) is 1.99. The van der Waals surface area contributed by atoms with E-state index in [9.17, 15) is 9.59 Å². The van der Waals surface area contributed by atoms with Gasteiger partial charge in [-0.05, 0) is 18.6 Å². The molecule has 1 aromatic carbocycles. The average Bonchev–Trinajstić information content (AvgIpc) is 2.39. The van der Waals surface area contributed by atoms with Crippen molar-refractivity contribution in [2.24, 2.45) is 5.92 Å². The second-order valence-corrected chi connectivity index (χ2v) is 4.06. The average molecular weight is 249 g/mol. The van der Waals surface area contributed by atoms with Gasteiger partial charge in [-0.25, -0.2) is 0 Å². The van der Waals surface area contributed by atoms with Crippen LogP contribution in [0.1, 0.15) is 13.3 Å². The summed E-state index contributed by atoms with van der Waals surface area (Å²) in [5.41, 5.74) is 0.624. The van der Waals surface area contributed by atoms with Gasteiger partial charge in [-0.2, -0.15) is 0 Å². The maximum absolute atomic E-state index is 11.9. The van der Waals surface area contributed by atoms with E-state index in [1.54, 1.807) is 18.2 Å². The normalized spacial score (nSPS) is 19.2. The van der Waals surface area contributed by atoms with Gasteiger partial charge in [0.15, 0.2) is 6.10 Å². The summed E-state index contributed by atoms with van der Waals surface area (Å²) in [6, 6.07) is 7.13. The first-order chi connectivity index (χ1) is 8.67. The maximum atomic E-state index is 11.9. The minimum Gasteiger partial charge on any atom is -0.477 e. The Kier molecular flexibility index (Phi) is 3.50. The fraction of sp³-hybridized carbons (Fsp3) is 0.385. The molecule has 18 heavy (non-hydrogen) atoms. The van der Waals surface area contributed by atoms with E-state index in [1.807, 2.05) is 13.0 Å². The van der Waals surface area contributed by atoms with E-state index in [-0.39, 0.29) is 5.91 Å². The monoisotopic (exact) mass is 249 g/mol. The van der Waals surface area contributed by atoms with Crippen LogP contribution in [-0.4, -0.2) is 25.1 Å². The highest BCUT2D eigenvalue weighted by atomic mass is 16.5. The van der Waals surface area contributed by atoms with Crippen LogP contribution in [0.4, 0.5) is 5.69 Å². The smallest absolute Gasteiger partial charge is 0.312 e. The van der Waals surface area contributed by atoms with Crippen LogP contribution in [0, 0.1) is 5.92 Å². The Morgan fingerprint density at radius 1 is 1.50 bits per heavy atom. The zero-order valence-electron chi connectivity index (χ0n) is 10.3. The summed E-state index contributed by atoms with van der Waals surface area (Å²) in [5.74, 6) is -0.768. The van der Waals surface area contributed by atoms with Gasteiger partial charge >= 0.3 is 5.97 Å². The number of anilines is 1. The summed E-state index contributed by atoms with van der Waals surface area (Å²) in [7, 11) is 1.31. The van der Waals surface area contributed by atoms with Crippen LogP contribution in [-0.2, 0) is 14.3 Å². The van der Waals surface area contributed by atoms with Crippen molar-refractivity contribution in [1.82, 2.24) is 0 Å². The number of hydrogen-bond donors (Lipinski definition) is 1. The number of carbonyl (C=O) groups is 2. The van der Waals surface area contributed by atoms with E-state index in [4.69, 9.17) is 9.47 Å². The molecule has 0 saturated carbocycles. The van der Waals surface area contributed by atoms with Crippen LogP contribution in [0.3, 0.4) is 0 Å². The van der Waals surface area contributed by atoms with Crippen LogP contribution in [0.25, 0.3) is 0 Å². The Bertz CT molecular complexity index is 472. The molecule has 0 aliphatic carbocycles. The molecule has 2 atom stereocenters. The SMILES string of the molecule is CCC(C(=O)OC)C1Oc2ccccc2NC1=O. The van der Waals surface area contributed by atoms with Gasteiger partial charge in [-0.15, -0.1) is 0 Å². The molecule has 0 radical (unpaired) electrons. The van der Waals surface area contributed by atoms with E-state index in [0.717, 1.165) is 0 Å². The minimum atomic E-state index is -0.836. The highest BCUT2D eigenvalue weighted by Gasteiger charge is 2.38. The molecular weight excluding hydrogens is 234 g/mol. The van der Waals surface area contributed by atoms with Gasteiger partial charge in [0.05, 0.1) is 12.8 Å². The van der Waals surface area contributed by atoms with Crippen LogP contribution in [0.15, 0.2) is 24.3 Å². The first-order valence-electron chi connectivity index (χ1n) is 5.81. The summed E-state index contributed by atoms with van der Waals surface area (Å²) in [6.45, 7) is 1.82. The molecule has 5 heteroatoms. The van der Waals surface area contributed by atoms with Gasteiger partial charge in [0.25, 0.3) is 5.91 Å². The fourth-order valence-electron chi connectivity index (χ4n) is 1.99. The van der Waals surface area contributed by atoms with Gasteiger partial charge in [0, 0.05) is 0 Å². The molecular formula is C13H15NO4. The summed E-state index contributed by atoms with van der Waals surface area (Å²) in [5, 5.41) is 2.73. The summed E-state index contributed by atoms with van der Waals surface area (Å²) < 4.78 is 10.3. The lowest BCUT2D eigenvalue weighted by atomic mass is 9.97. The number of esters is 1. The van der Waals surface area contributed by atoms with Gasteiger partial charge in [-0.3, -0.25) is 9.59 Å². The first-order valence-corrected chi connectivity index (χ1v) is 5.81. The minimum absolute atomic E-state index is 0.314. The number of methoxy groups -OCH3 is 1. The largest absolute Gasteiger partial charge is 0.477 e. The molecule has 1 heterocycles. The number of ether oxygens (including phenoxy) is 2. The number of rotatable bonds is 3. The second kappa shape index (κ2) is 5.08. The highest BCUT2D eigenvalue weighted by Crippen LogP contribution is 2.31. The predicted octanol–water partition coefficient (Wildman–Crippen LogP) is 1.59. The van der Waals surface area contributed by atoms with Crippen molar-refractivity contribution < 1.29 is 19.1 Å². The molecule has 0 bridgehead atoms. The van der Waals surface area contributed by atoms with Crippen molar-refractivity contribution >= 4 is 17.6 Å². The Hall–Kier alpha value is -2.04. The molecule has 1 N–H and O–H groups in total. The number of para-hydroxylation sites is 2. The number of nitrogens with one attached hydrogen (secondary N) is 1. The molecule has 1 aromatic rings. The van der Waals surface area contributed by atoms with E-state index < -0.39 is 18.0 Å². The molecule has 1 aliphatic heterocycles. The number of hydrogen-bond acceptors (Lipinski definition) is 4. The third-order valence-corrected chi connectivity index (χ3v) is 2.97. The van der Waals surface area contributed by atoms with E-state index in [2.05, 4.69) is 5.32 Å². The lowest BCUT2D eigenvalue weighted by Gasteiger charge is -2.29. The van der Waals surface area contributed by atoms with E-state index >= 15 is 0 Å². The van der Waals surface area contributed by atoms with Gasteiger partial charge < -0.3 is 14.8 Å². The first kappa shape index (κ1) is 12.4. The Morgan fingerprint density at radius 3 is 2.89 bits per heavy atom. The Balaban J connectivity index is 2.26. The van der Waals surface area contributed by atoms with Crippen molar-refractivity contribution in [2.75, 3.05) is 12.4 Å². The molecule has 96 valence electrons. The van der Waals surface area contributed by atoms with Crippen molar-refractivity contribution in [3.63, 3.8) is 0 Å². The number of benzene rings is 1. The topological polar surface area (TPSA) is 64.6 Å². The molecule has 0 fully saturated rings. The lowest BCUT2D eigenvalue weighted by Crippen LogP contribution is -2.45. The van der Waals surface area contributed by atoms with Gasteiger partial charge in [0.1, 0.15) is 11.7 Å². The van der Waals surface area contributed by atoms with Crippen molar-refractivity contribution in [2.45, 2.75) is 19.4 Å². The van der Waals surface area contributed by atoms with Crippen molar-refractivity contribution in [1.29, 1.82) is 0 Å². The highest BCUT2D eigenvalue weighted by molar-refractivity contribution is 6.00. The number of amides is 1. The summed E-state index contributed by atoms with van der Waals surface area (Å²) in [4.78, 5) is 23.6. The van der Waals surface area contributed by atoms with E-state index in [1.165, 1.54) is 7.11 Å². The predicted molar refractivity (Wildman–Crippen MR) is 65.3 cm³/mol. The molecule has 2 unspecified atom stereocenters. The van der Waals surface area contributed by atoms with E-state index in [0.29, 0.717) is 17.9 Å². The lowest BCUT2D eigenvalue weighted by molar-refractivity contribution is -0.152. The molecule has 0 aromatic heterocycles. The standard InChI is InChI=1S/C13H15NO4/c1-3-8(13(16)17-2)11-12(15)14-9-6-4-5-7-10(9)18-11/h4-8,11H,3H2,1-2H3,(H,14,15). The quantitative estimate of drug-likeness (QED) is 0.826. The van der Waals surface area contributed by atoms with Crippen molar-refractivity contribution in [3.8, 4) is 5.75 Å².